The van der Waals surface area contributed by atoms with Gasteiger partial charge >= 0.3 is 0 Å². The summed E-state index contributed by atoms with van der Waals surface area (Å²) < 4.78 is 32.6. The van der Waals surface area contributed by atoms with E-state index in [0.717, 1.165) is 18.7 Å². The highest BCUT2D eigenvalue weighted by atomic mass is 35.5. The molecule has 2 rings (SSSR count). The molecular formula is C20H26Cl2N2O3S. The van der Waals surface area contributed by atoms with E-state index >= 15 is 0 Å². The zero-order valence-corrected chi connectivity index (χ0v) is 18.7. The van der Waals surface area contributed by atoms with E-state index in [9.17, 15) is 8.42 Å². The van der Waals surface area contributed by atoms with Crippen molar-refractivity contribution < 1.29 is 13.2 Å². The molecule has 2 aromatic rings. The average molecular weight is 445 g/mol. The van der Waals surface area contributed by atoms with Crippen LogP contribution in [-0.4, -0.2) is 50.8 Å². The molecule has 0 atom stereocenters. The number of hydrogen-bond acceptors (Lipinski definition) is 4. The highest BCUT2D eigenvalue weighted by Crippen LogP contribution is 2.29. The van der Waals surface area contributed by atoms with Gasteiger partial charge in [0.05, 0.1) is 9.92 Å². The molecule has 0 bridgehead atoms. The third kappa shape index (κ3) is 6.09. The Labute approximate surface area is 177 Å². The molecule has 0 fully saturated rings. The normalized spacial score (nSPS) is 12.0. The number of benzene rings is 2. The molecule has 0 aliphatic carbocycles. The number of nitrogens with zero attached hydrogens (tertiary/aromatic N) is 2. The highest BCUT2D eigenvalue weighted by Gasteiger charge is 2.22. The van der Waals surface area contributed by atoms with Gasteiger partial charge in [-0.25, -0.2) is 8.42 Å². The lowest BCUT2D eigenvalue weighted by Gasteiger charge is -2.23. The molecule has 0 aromatic heterocycles. The van der Waals surface area contributed by atoms with E-state index in [-0.39, 0.29) is 16.5 Å². The minimum Gasteiger partial charge on any atom is -0.487 e. The number of ether oxygens (including phenoxy) is 1. The van der Waals surface area contributed by atoms with Crippen LogP contribution in [0.3, 0.4) is 0 Å². The van der Waals surface area contributed by atoms with Crippen LogP contribution < -0.4 is 4.74 Å². The minimum absolute atomic E-state index is 0.148. The second-order valence-corrected chi connectivity index (χ2v) is 9.25. The smallest absolute Gasteiger partial charge is 0.242 e. The third-order valence-electron chi connectivity index (χ3n) is 4.52. The zero-order chi connectivity index (χ0) is 20.7. The Bertz CT molecular complexity index is 887. The van der Waals surface area contributed by atoms with Crippen molar-refractivity contribution in [1.82, 2.24) is 9.21 Å². The van der Waals surface area contributed by atoms with Crippen molar-refractivity contribution in [2.45, 2.75) is 25.3 Å². The molecule has 0 radical (unpaired) electrons. The van der Waals surface area contributed by atoms with Crippen LogP contribution in [0.4, 0.5) is 0 Å². The first-order valence-electron chi connectivity index (χ1n) is 9.13. The average Bonchev–Trinajstić information content (AvgIpc) is 2.67. The highest BCUT2D eigenvalue weighted by molar-refractivity contribution is 7.89. The molecule has 0 unspecified atom stereocenters. The largest absolute Gasteiger partial charge is 0.487 e. The maximum Gasteiger partial charge on any atom is 0.242 e. The van der Waals surface area contributed by atoms with Crippen molar-refractivity contribution in [3.8, 4) is 5.75 Å². The Balaban J connectivity index is 2.07. The molecule has 5 nitrogen and oxygen atoms in total. The molecule has 0 amide bonds. The van der Waals surface area contributed by atoms with Gasteiger partial charge < -0.3 is 9.64 Å². The Morgan fingerprint density at radius 3 is 2.32 bits per heavy atom. The van der Waals surface area contributed by atoms with Crippen LogP contribution in [0.1, 0.15) is 19.4 Å². The lowest BCUT2D eigenvalue weighted by Crippen LogP contribution is -2.36. The summed E-state index contributed by atoms with van der Waals surface area (Å²) in [6.45, 7) is 7.26. The van der Waals surface area contributed by atoms with Crippen molar-refractivity contribution in [1.29, 1.82) is 0 Å². The molecule has 0 N–H and O–H groups in total. The number of likely N-dealkylation sites (N-methyl/N-ethyl adjacent to an activating group) is 2. The summed E-state index contributed by atoms with van der Waals surface area (Å²) in [5.74, 6) is 0.423. The van der Waals surface area contributed by atoms with Crippen molar-refractivity contribution in [2.75, 3.05) is 33.2 Å². The van der Waals surface area contributed by atoms with E-state index in [0.29, 0.717) is 23.9 Å². The standard InChI is InChI=1S/C20H26Cl2N2O3S/c1-4-24(5-2)12-11-23(3)28(25,26)18-9-10-20(19(22)14-18)27-15-16-7-6-8-17(21)13-16/h6-10,13-14H,4-5,11-12,15H2,1-3H3. The van der Waals surface area contributed by atoms with Gasteiger partial charge in [-0.3, -0.25) is 0 Å². The predicted molar refractivity (Wildman–Crippen MR) is 115 cm³/mol. The molecule has 0 spiro atoms. The monoisotopic (exact) mass is 444 g/mol. The van der Waals surface area contributed by atoms with Crippen LogP contribution in [0.15, 0.2) is 47.4 Å². The molecule has 0 heterocycles. The lowest BCUT2D eigenvalue weighted by atomic mass is 10.2. The SMILES string of the molecule is CCN(CC)CCN(C)S(=O)(=O)c1ccc(OCc2cccc(Cl)c2)c(Cl)c1. The molecular weight excluding hydrogens is 419 g/mol. The minimum atomic E-state index is -3.61. The number of hydrogen-bond donors (Lipinski definition) is 0. The Morgan fingerprint density at radius 1 is 1.00 bits per heavy atom. The quantitative estimate of drug-likeness (QED) is 0.539. The summed E-state index contributed by atoms with van der Waals surface area (Å²) >= 11 is 12.2. The third-order valence-corrected chi connectivity index (χ3v) is 6.90. The van der Waals surface area contributed by atoms with E-state index < -0.39 is 10.0 Å². The van der Waals surface area contributed by atoms with Crippen molar-refractivity contribution in [3.63, 3.8) is 0 Å². The Kier molecular flexibility index (Phi) is 8.58. The Morgan fingerprint density at radius 2 is 1.71 bits per heavy atom. The summed E-state index contributed by atoms with van der Waals surface area (Å²) in [5.41, 5.74) is 0.899. The van der Waals surface area contributed by atoms with Crippen molar-refractivity contribution >= 4 is 33.2 Å². The zero-order valence-electron chi connectivity index (χ0n) is 16.4. The van der Waals surface area contributed by atoms with Crippen molar-refractivity contribution in [2.24, 2.45) is 0 Å². The molecule has 154 valence electrons. The van der Waals surface area contributed by atoms with Crippen LogP contribution >= 0.6 is 23.2 Å². The summed E-state index contributed by atoms with van der Waals surface area (Å²) in [7, 11) is -2.03. The van der Waals surface area contributed by atoms with Crippen LogP contribution in [0, 0.1) is 0 Å². The first kappa shape index (κ1) is 23.0. The van der Waals surface area contributed by atoms with Gasteiger partial charge in [0.25, 0.3) is 0 Å². The fourth-order valence-electron chi connectivity index (χ4n) is 2.67. The van der Waals surface area contributed by atoms with Gasteiger partial charge in [-0.2, -0.15) is 4.31 Å². The Hall–Kier alpha value is -1.31. The molecule has 0 aliphatic heterocycles. The number of sulfonamides is 1. The van der Waals surface area contributed by atoms with Gasteiger partial charge in [0.2, 0.25) is 10.0 Å². The number of rotatable bonds is 10. The van der Waals surface area contributed by atoms with Crippen LogP contribution in [0.5, 0.6) is 5.75 Å². The van der Waals surface area contributed by atoms with Gasteiger partial charge in [-0.15, -0.1) is 0 Å². The number of halogens is 2. The first-order valence-corrected chi connectivity index (χ1v) is 11.3. The maximum absolute atomic E-state index is 12.8. The second-order valence-electron chi connectivity index (χ2n) is 6.36. The fraction of sp³-hybridized carbons (Fsp3) is 0.400. The van der Waals surface area contributed by atoms with Crippen LogP contribution in [0.2, 0.25) is 10.0 Å². The fourth-order valence-corrected chi connectivity index (χ4v) is 4.37. The van der Waals surface area contributed by atoms with Gasteiger partial charge in [-0.1, -0.05) is 49.2 Å². The van der Waals surface area contributed by atoms with E-state index in [1.165, 1.54) is 16.4 Å². The molecule has 0 saturated carbocycles. The van der Waals surface area contributed by atoms with E-state index in [1.54, 1.807) is 25.2 Å². The summed E-state index contributed by atoms with van der Waals surface area (Å²) in [4.78, 5) is 2.32. The predicted octanol–water partition coefficient (Wildman–Crippen LogP) is 4.53. The topological polar surface area (TPSA) is 49.9 Å². The summed E-state index contributed by atoms with van der Waals surface area (Å²) in [5, 5.41) is 0.877. The van der Waals surface area contributed by atoms with E-state index in [4.69, 9.17) is 27.9 Å². The van der Waals surface area contributed by atoms with Crippen molar-refractivity contribution in [3.05, 3.63) is 58.1 Å². The van der Waals surface area contributed by atoms with Gasteiger partial charge in [0.1, 0.15) is 12.4 Å². The first-order chi connectivity index (χ1) is 13.3. The molecule has 8 heteroatoms. The van der Waals surface area contributed by atoms with Gasteiger partial charge in [0, 0.05) is 25.2 Å². The molecule has 0 aliphatic rings. The van der Waals surface area contributed by atoms with E-state index in [1.807, 2.05) is 12.1 Å². The second kappa shape index (κ2) is 10.5. The van der Waals surface area contributed by atoms with Crippen LogP contribution in [0.25, 0.3) is 0 Å². The molecule has 0 saturated heterocycles. The molecule has 2 aromatic carbocycles. The van der Waals surface area contributed by atoms with Gasteiger partial charge in [0.15, 0.2) is 0 Å². The summed E-state index contributed by atoms with van der Waals surface area (Å²) in [6, 6.07) is 11.8. The van der Waals surface area contributed by atoms with Gasteiger partial charge in [-0.05, 0) is 49.0 Å². The lowest BCUT2D eigenvalue weighted by molar-refractivity contribution is 0.282. The van der Waals surface area contributed by atoms with E-state index in [2.05, 4.69) is 18.7 Å². The van der Waals surface area contributed by atoms with Crippen LogP contribution in [-0.2, 0) is 16.6 Å². The molecule has 28 heavy (non-hydrogen) atoms. The summed E-state index contributed by atoms with van der Waals surface area (Å²) in [6.07, 6.45) is 0. The maximum atomic E-state index is 12.8.